The number of hydrogen-bond acceptors (Lipinski definition) is 4. The predicted molar refractivity (Wildman–Crippen MR) is 101 cm³/mol. The van der Waals surface area contributed by atoms with Crippen LogP contribution in [-0.2, 0) is 10.0 Å². The molecule has 1 saturated heterocycles. The van der Waals surface area contributed by atoms with Gasteiger partial charge < -0.3 is 15.0 Å². The summed E-state index contributed by atoms with van der Waals surface area (Å²) in [6.07, 6.45) is 1.54. The van der Waals surface area contributed by atoms with Crippen molar-refractivity contribution in [3.8, 4) is 5.75 Å². The SMILES string of the molecule is COc1ccccc1S(=O)(=O)NCC1CCN(C(=O)NC(C)(C)C)CC1. The first-order valence-corrected chi connectivity index (χ1v) is 10.3. The number of ether oxygens (including phenoxy) is 1. The summed E-state index contributed by atoms with van der Waals surface area (Å²) in [5.74, 6) is 0.534. The van der Waals surface area contributed by atoms with Gasteiger partial charge in [-0.1, -0.05) is 12.1 Å². The lowest BCUT2D eigenvalue weighted by molar-refractivity contribution is 0.163. The average molecular weight is 384 g/mol. The van der Waals surface area contributed by atoms with Crippen LogP contribution < -0.4 is 14.8 Å². The van der Waals surface area contributed by atoms with Gasteiger partial charge in [0.25, 0.3) is 0 Å². The van der Waals surface area contributed by atoms with Crippen LogP contribution in [0.3, 0.4) is 0 Å². The number of rotatable bonds is 5. The highest BCUT2D eigenvalue weighted by atomic mass is 32.2. The van der Waals surface area contributed by atoms with Crippen LogP contribution in [0.4, 0.5) is 4.79 Å². The topological polar surface area (TPSA) is 87.7 Å². The van der Waals surface area contributed by atoms with Gasteiger partial charge in [0, 0.05) is 25.2 Å². The van der Waals surface area contributed by atoms with Crippen molar-refractivity contribution in [3.63, 3.8) is 0 Å². The van der Waals surface area contributed by atoms with Crippen molar-refractivity contribution in [1.29, 1.82) is 0 Å². The molecule has 8 heteroatoms. The third-order valence-electron chi connectivity index (χ3n) is 4.30. The van der Waals surface area contributed by atoms with E-state index in [0.717, 1.165) is 12.8 Å². The van der Waals surface area contributed by atoms with Gasteiger partial charge in [0.1, 0.15) is 10.6 Å². The van der Waals surface area contributed by atoms with Crippen LogP contribution in [0.1, 0.15) is 33.6 Å². The zero-order valence-electron chi connectivity index (χ0n) is 15.9. The van der Waals surface area contributed by atoms with E-state index in [9.17, 15) is 13.2 Å². The molecule has 146 valence electrons. The average Bonchev–Trinajstić information content (AvgIpc) is 2.59. The van der Waals surface area contributed by atoms with Crippen LogP contribution in [0.25, 0.3) is 0 Å². The molecule has 7 nitrogen and oxygen atoms in total. The summed E-state index contributed by atoms with van der Waals surface area (Å²) in [5, 5.41) is 2.96. The second-order valence-electron chi connectivity index (χ2n) is 7.61. The summed E-state index contributed by atoms with van der Waals surface area (Å²) < 4.78 is 32.8. The minimum atomic E-state index is -3.62. The zero-order chi connectivity index (χ0) is 19.4. The molecule has 0 saturated carbocycles. The van der Waals surface area contributed by atoms with E-state index in [1.54, 1.807) is 23.1 Å². The summed E-state index contributed by atoms with van der Waals surface area (Å²) in [4.78, 5) is 14.1. The fourth-order valence-corrected chi connectivity index (χ4v) is 4.17. The van der Waals surface area contributed by atoms with E-state index in [1.165, 1.54) is 13.2 Å². The molecule has 0 aromatic heterocycles. The predicted octanol–water partition coefficient (Wildman–Crippen LogP) is 2.19. The van der Waals surface area contributed by atoms with Crippen molar-refractivity contribution in [2.45, 2.75) is 44.0 Å². The molecule has 0 radical (unpaired) electrons. The van der Waals surface area contributed by atoms with E-state index < -0.39 is 10.0 Å². The molecular formula is C18H29N3O4S. The number of amides is 2. The largest absolute Gasteiger partial charge is 0.495 e. The van der Waals surface area contributed by atoms with Gasteiger partial charge in [-0.25, -0.2) is 17.9 Å². The van der Waals surface area contributed by atoms with Crippen molar-refractivity contribution in [2.24, 2.45) is 5.92 Å². The summed E-state index contributed by atoms with van der Waals surface area (Å²) in [5.41, 5.74) is -0.266. The van der Waals surface area contributed by atoms with Crippen LogP contribution >= 0.6 is 0 Å². The van der Waals surface area contributed by atoms with Crippen molar-refractivity contribution < 1.29 is 17.9 Å². The molecule has 26 heavy (non-hydrogen) atoms. The maximum absolute atomic E-state index is 12.5. The molecule has 2 N–H and O–H groups in total. The quantitative estimate of drug-likeness (QED) is 0.816. The minimum Gasteiger partial charge on any atom is -0.495 e. The standard InChI is InChI=1S/C18H29N3O4S/c1-18(2,3)20-17(22)21-11-9-14(10-12-21)13-19-26(23,24)16-8-6-5-7-15(16)25-4/h5-8,14,19H,9-13H2,1-4H3,(H,20,22). The number of hydrogen-bond donors (Lipinski definition) is 2. The van der Waals surface area contributed by atoms with E-state index in [-0.39, 0.29) is 22.4 Å². The maximum Gasteiger partial charge on any atom is 0.317 e. The highest BCUT2D eigenvalue weighted by Gasteiger charge is 2.27. The highest BCUT2D eigenvalue weighted by Crippen LogP contribution is 2.23. The van der Waals surface area contributed by atoms with Gasteiger partial charge in [0.15, 0.2) is 0 Å². The normalized spacial score (nSPS) is 16.4. The number of nitrogens with zero attached hydrogens (tertiary/aromatic N) is 1. The first kappa shape index (κ1) is 20.5. The Morgan fingerprint density at radius 3 is 2.42 bits per heavy atom. The Hall–Kier alpha value is -1.80. The lowest BCUT2D eigenvalue weighted by atomic mass is 9.97. The lowest BCUT2D eigenvalue weighted by Gasteiger charge is -2.34. The Balaban J connectivity index is 1.87. The second-order valence-corrected chi connectivity index (χ2v) is 9.35. The Kier molecular flexibility index (Phi) is 6.52. The van der Waals surface area contributed by atoms with E-state index in [0.29, 0.717) is 25.4 Å². The third kappa shape index (κ3) is 5.60. The molecule has 0 aliphatic carbocycles. The Morgan fingerprint density at radius 2 is 1.85 bits per heavy atom. The summed E-state index contributed by atoms with van der Waals surface area (Å²) in [6.45, 7) is 7.46. The number of carbonyl (C=O) groups excluding carboxylic acids is 1. The maximum atomic E-state index is 12.5. The number of likely N-dealkylation sites (tertiary alicyclic amines) is 1. The Bertz CT molecular complexity index is 720. The summed E-state index contributed by atoms with van der Waals surface area (Å²) in [7, 11) is -2.17. The van der Waals surface area contributed by atoms with Crippen LogP contribution in [0, 0.1) is 5.92 Å². The van der Waals surface area contributed by atoms with Gasteiger partial charge in [-0.15, -0.1) is 0 Å². The molecule has 0 atom stereocenters. The number of nitrogens with one attached hydrogen (secondary N) is 2. The number of piperidine rings is 1. The van der Waals surface area contributed by atoms with Crippen LogP contribution in [0.5, 0.6) is 5.75 Å². The number of sulfonamides is 1. The minimum absolute atomic E-state index is 0.0643. The lowest BCUT2D eigenvalue weighted by Crippen LogP contribution is -2.51. The third-order valence-corrected chi connectivity index (χ3v) is 5.77. The van der Waals surface area contributed by atoms with E-state index in [2.05, 4.69) is 10.0 Å². The number of methoxy groups -OCH3 is 1. The molecule has 0 spiro atoms. The molecule has 1 fully saturated rings. The molecular weight excluding hydrogens is 354 g/mol. The molecule has 1 aliphatic heterocycles. The first-order valence-electron chi connectivity index (χ1n) is 8.82. The van der Waals surface area contributed by atoms with Crippen LogP contribution in [-0.4, -0.2) is 51.6 Å². The Labute approximate surface area is 156 Å². The Morgan fingerprint density at radius 1 is 1.23 bits per heavy atom. The number of urea groups is 1. The van der Waals surface area contributed by atoms with Crippen molar-refractivity contribution in [3.05, 3.63) is 24.3 Å². The highest BCUT2D eigenvalue weighted by molar-refractivity contribution is 7.89. The van der Waals surface area contributed by atoms with Crippen molar-refractivity contribution >= 4 is 16.1 Å². The first-order chi connectivity index (χ1) is 12.1. The fraction of sp³-hybridized carbons (Fsp3) is 0.611. The molecule has 1 aliphatic rings. The van der Waals surface area contributed by atoms with Crippen molar-refractivity contribution in [1.82, 2.24) is 14.9 Å². The number of para-hydroxylation sites is 1. The van der Waals surface area contributed by atoms with Gasteiger partial charge >= 0.3 is 6.03 Å². The smallest absolute Gasteiger partial charge is 0.317 e. The molecule has 0 bridgehead atoms. The van der Waals surface area contributed by atoms with Gasteiger partial charge in [-0.2, -0.15) is 0 Å². The van der Waals surface area contributed by atoms with Crippen LogP contribution in [0.15, 0.2) is 29.2 Å². The fourth-order valence-electron chi connectivity index (χ4n) is 2.89. The second kappa shape index (κ2) is 8.26. The molecule has 2 amide bonds. The molecule has 0 unspecified atom stereocenters. The van der Waals surface area contributed by atoms with E-state index in [1.807, 2.05) is 20.8 Å². The van der Waals surface area contributed by atoms with E-state index in [4.69, 9.17) is 4.74 Å². The molecule has 1 heterocycles. The van der Waals surface area contributed by atoms with Crippen LogP contribution in [0.2, 0.25) is 0 Å². The number of benzene rings is 1. The molecule has 2 rings (SSSR count). The van der Waals surface area contributed by atoms with Gasteiger partial charge in [-0.3, -0.25) is 0 Å². The van der Waals surface area contributed by atoms with Gasteiger partial charge in [-0.05, 0) is 51.7 Å². The number of carbonyl (C=O) groups is 1. The van der Waals surface area contributed by atoms with E-state index >= 15 is 0 Å². The van der Waals surface area contributed by atoms with Gasteiger partial charge in [0.05, 0.1) is 7.11 Å². The zero-order valence-corrected chi connectivity index (χ0v) is 16.7. The van der Waals surface area contributed by atoms with Gasteiger partial charge in [0.2, 0.25) is 10.0 Å². The summed E-state index contributed by atoms with van der Waals surface area (Å²) in [6, 6.07) is 6.49. The molecule has 1 aromatic rings. The molecule has 1 aromatic carbocycles. The summed E-state index contributed by atoms with van der Waals surface area (Å²) >= 11 is 0. The monoisotopic (exact) mass is 383 g/mol. The van der Waals surface area contributed by atoms with Crippen molar-refractivity contribution in [2.75, 3.05) is 26.7 Å².